The summed E-state index contributed by atoms with van der Waals surface area (Å²) in [5.41, 5.74) is 1.90. The minimum absolute atomic E-state index is 0. The van der Waals surface area contributed by atoms with Gasteiger partial charge in [-0.25, -0.2) is 0 Å². The number of hydrogen-bond donors (Lipinski definition) is 3. The SMILES string of the molecule is Cl.O=C(CC1CCCN1)Nc1ccc(CCO)cc1. The summed E-state index contributed by atoms with van der Waals surface area (Å²) < 4.78 is 0. The van der Waals surface area contributed by atoms with Crippen LogP contribution in [0.1, 0.15) is 24.8 Å². The van der Waals surface area contributed by atoms with Crippen LogP contribution in [0, 0.1) is 0 Å². The van der Waals surface area contributed by atoms with Crippen molar-refractivity contribution in [3.05, 3.63) is 29.8 Å². The predicted molar refractivity (Wildman–Crippen MR) is 78.8 cm³/mol. The molecule has 3 N–H and O–H groups in total. The van der Waals surface area contributed by atoms with E-state index >= 15 is 0 Å². The summed E-state index contributed by atoms with van der Waals surface area (Å²) in [4.78, 5) is 11.8. The van der Waals surface area contributed by atoms with E-state index in [-0.39, 0.29) is 24.9 Å². The average molecular weight is 285 g/mol. The Bertz CT molecular complexity index is 389. The van der Waals surface area contributed by atoms with Crippen LogP contribution in [0.25, 0.3) is 0 Å². The second-order valence-electron chi connectivity index (χ2n) is 4.72. The van der Waals surface area contributed by atoms with Crippen molar-refractivity contribution in [3.8, 4) is 0 Å². The lowest BCUT2D eigenvalue weighted by atomic mass is 10.1. The Morgan fingerprint density at radius 2 is 2.11 bits per heavy atom. The van der Waals surface area contributed by atoms with Crippen LogP contribution in [-0.4, -0.2) is 30.2 Å². The third kappa shape index (κ3) is 5.19. The fraction of sp³-hybridized carbons (Fsp3) is 0.500. The lowest BCUT2D eigenvalue weighted by molar-refractivity contribution is -0.116. The molecule has 0 aliphatic carbocycles. The van der Waals surface area contributed by atoms with Gasteiger partial charge in [0.25, 0.3) is 0 Å². The average Bonchev–Trinajstić information content (AvgIpc) is 2.84. The molecule has 1 aromatic rings. The van der Waals surface area contributed by atoms with Crippen molar-refractivity contribution in [2.45, 2.75) is 31.7 Å². The Hall–Kier alpha value is -1.10. The number of carbonyl (C=O) groups is 1. The van der Waals surface area contributed by atoms with E-state index in [2.05, 4.69) is 10.6 Å². The number of halogens is 1. The van der Waals surface area contributed by atoms with Crippen LogP contribution >= 0.6 is 12.4 Å². The summed E-state index contributed by atoms with van der Waals surface area (Å²) in [5.74, 6) is 0.0595. The highest BCUT2D eigenvalue weighted by Crippen LogP contribution is 2.13. The number of rotatable bonds is 5. The van der Waals surface area contributed by atoms with Crippen molar-refractivity contribution in [2.24, 2.45) is 0 Å². The van der Waals surface area contributed by atoms with E-state index in [4.69, 9.17) is 5.11 Å². The zero-order valence-corrected chi connectivity index (χ0v) is 11.7. The summed E-state index contributed by atoms with van der Waals surface area (Å²) in [5, 5.41) is 15.0. The Balaban J connectivity index is 0.00000180. The number of amides is 1. The van der Waals surface area contributed by atoms with E-state index < -0.39 is 0 Å². The van der Waals surface area contributed by atoms with Gasteiger partial charge in [0.05, 0.1) is 0 Å². The minimum atomic E-state index is 0. The largest absolute Gasteiger partial charge is 0.396 e. The fourth-order valence-electron chi connectivity index (χ4n) is 2.25. The van der Waals surface area contributed by atoms with Gasteiger partial charge in [0.2, 0.25) is 5.91 Å². The maximum atomic E-state index is 11.8. The van der Waals surface area contributed by atoms with Gasteiger partial charge in [-0.2, -0.15) is 0 Å². The van der Waals surface area contributed by atoms with Gasteiger partial charge in [0.15, 0.2) is 0 Å². The van der Waals surface area contributed by atoms with Gasteiger partial charge < -0.3 is 15.7 Å². The van der Waals surface area contributed by atoms with Gasteiger partial charge >= 0.3 is 0 Å². The van der Waals surface area contributed by atoms with Gasteiger partial charge in [-0.05, 0) is 43.5 Å². The van der Waals surface area contributed by atoms with Crippen molar-refractivity contribution in [1.29, 1.82) is 0 Å². The molecule has 0 spiro atoms. The van der Waals surface area contributed by atoms with Crippen LogP contribution in [0.4, 0.5) is 5.69 Å². The summed E-state index contributed by atoms with van der Waals surface area (Å²) in [6.45, 7) is 1.17. The van der Waals surface area contributed by atoms with Crippen molar-refractivity contribution in [2.75, 3.05) is 18.5 Å². The van der Waals surface area contributed by atoms with Crippen LogP contribution in [0.2, 0.25) is 0 Å². The molecule has 5 heteroatoms. The van der Waals surface area contributed by atoms with E-state index in [0.29, 0.717) is 18.9 Å². The highest BCUT2D eigenvalue weighted by atomic mass is 35.5. The van der Waals surface area contributed by atoms with Crippen LogP contribution in [0.15, 0.2) is 24.3 Å². The lowest BCUT2D eigenvalue weighted by Crippen LogP contribution is -2.27. The summed E-state index contributed by atoms with van der Waals surface area (Å²) >= 11 is 0. The quantitative estimate of drug-likeness (QED) is 0.772. The van der Waals surface area contributed by atoms with Gasteiger partial charge in [-0.1, -0.05) is 12.1 Å². The minimum Gasteiger partial charge on any atom is -0.396 e. The molecular formula is C14H21ClN2O2. The van der Waals surface area contributed by atoms with Gasteiger partial charge in [0.1, 0.15) is 0 Å². The maximum Gasteiger partial charge on any atom is 0.225 e. The Morgan fingerprint density at radius 1 is 1.37 bits per heavy atom. The van der Waals surface area contributed by atoms with Crippen molar-refractivity contribution < 1.29 is 9.90 Å². The zero-order chi connectivity index (χ0) is 12.8. The molecule has 1 aromatic carbocycles. The molecule has 2 rings (SSSR count). The molecule has 1 fully saturated rings. The first-order chi connectivity index (χ1) is 8.78. The fourth-order valence-corrected chi connectivity index (χ4v) is 2.25. The maximum absolute atomic E-state index is 11.8. The molecule has 106 valence electrons. The Morgan fingerprint density at radius 3 is 2.68 bits per heavy atom. The highest BCUT2D eigenvalue weighted by molar-refractivity contribution is 5.91. The summed E-state index contributed by atoms with van der Waals surface area (Å²) in [7, 11) is 0. The molecule has 1 amide bonds. The van der Waals surface area contributed by atoms with Gasteiger partial charge in [0, 0.05) is 24.8 Å². The molecule has 1 aliphatic heterocycles. The molecular weight excluding hydrogens is 264 g/mol. The number of anilines is 1. The Labute approximate surface area is 120 Å². The molecule has 1 heterocycles. The van der Waals surface area contributed by atoms with E-state index in [1.807, 2.05) is 24.3 Å². The third-order valence-corrected chi connectivity index (χ3v) is 3.23. The molecule has 0 aromatic heterocycles. The number of benzene rings is 1. The van der Waals surface area contributed by atoms with E-state index in [1.54, 1.807) is 0 Å². The number of aliphatic hydroxyl groups is 1. The predicted octanol–water partition coefficient (Wildman–Crippen LogP) is 1.72. The van der Waals surface area contributed by atoms with Crippen LogP contribution in [0.5, 0.6) is 0 Å². The first kappa shape index (κ1) is 16.0. The van der Waals surface area contributed by atoms with Crippen LogP contribution < -0.4 is 10.6 Å². The van der Waals surface area contributed by atoms with Crippen LogP contribution in [0.3, 0.4) is 0 Å². The first-order valence-corrected chi connectivity index (χ1v) is 6.51. The molecule has 1 saturated heterocycles. The van der Waals surface area contributed by atoms with E-state index in [9.17, 15) is 4.79 Å². The topological polar surface area (TPSA) is 61.4 Å². The number of nitrogens with one attached hydrogen (secondary N) is 2. The zero-order valence-electron chi connectivity index (χ0n) is 10.9. The number of hydrogen-bond acceptors (Lipinski definition) is 3. The number of carbonyl (C=O) groups excluding carboxylic acids is 1. The molecule has 4 nitrogen and oxygen atoms in total. The normalized spacial score (nSPS) is 17.8. The summed E-state index contributed by atoms with van der Waals surface area (Å²) in [6.07, 6.45) is 3.44. The number of aliphatic hydroxyl groups excluding tert-OH is 1. The highest BCUT2D eigenvalue weighted by Gasteiger charge is 2.17. The molecule has 0 saturated carbocycles. The lowest BCUT2D eigenvalue weighted by Gasteiger charge is -2.10. The third-order valence-electron chi connectivity index (χ3n) is 3.23. The molecule has 1 atom stereocenters. The molecule has 1 unspecified atom stereocenters. The standard InChI is InChI=1S/C14H20N2O2.ClH/c17-9-7-11-3-5-12(6-4-11)16-14(18)10-13-2-1-8-15-13;/h3-6,13,15,17H,1-2,7-10H2,(H,16,18);1H. The van der Waals surface area contributed by atoms with Crippen molar-refractivity contribution >= 4 is 24.0 Å². The monoisotopic (exact) mass is 284 g/mol. The molecule has 19 heavy (non-hydrogen) atoms. The molecule has 0 bridgehead atoms. The van der Waals surface area contributed by atoms with Crippen molar-refractivity contribution in [1.82, 2.24) is 5.32 Å². The first-order valence-electron chi connectivity index (χ1n) is 6.51. The van der Waals surface area contributed by atoms with Gasteiger partial charge in [-0.3, -0.25) is 4.79 Å². The van der Waals surface area contributed by atoms with E-state index in [0.717, 1.165) is 30.6 Å². The van der Waals surface area contributed by atoms with E-state index in [1.165, 1.54) is 0 Å². The van der Waals surface area contributed by atoms with Crippen LogP contribution in [-0.2, 0) is 11.2 Å². The molecule has 1 aliphatic rings. The Kier molecular flexibility index (Phi) is 6.84. The smallest absolute Gasteiger partial charge is 0.225 e. The van der Waals surface area contributed by atoms with Crippen molar-refractivity contribution in [3.63, 3.8) is 0 Å². The second kappa shape index (κ2) is 8.15. The van der Waals surface area contributed by atoms with Gasteiger partial charge in [-0.15, -0.1) is 12.4 Å². The second-order valence-corrected chi connectivity index (χ2v) is 4.72. The molecule has 0 radical (unpaired) electrons. The summed E-state index contributed by atoms with van der Waals surface area (Å²) in [6, 6.07) is 7.95.